The third-order valence-electron chi connectivity index (χ3n) is 5.23. The SMILES string of the molecule is NCC1CC1c1ccc(NC(=O)CCCc2ccc(/C=C/C(=O)NO)cc2)cc1. The minimum atomic E-state index is -0.568. The number of anilines is 1. The Morgan fingerprint density at radius 1 is 1.10 bits per heavy atom. The summed E-state index contributed by atoms with van der Waals surface area (Å²) in [6, 6.07) is 15.8. The van der Waals surface area contributed by atoms with Crippen LogP contribution in [0, 0.1) is 5.92 Å². The summed E-state index contributed by atoms with van der Waals surface area (Å²) in [5.41, 5.74) is 11.4. The third-order valence-corrected chi connectivity index (χ3v) is 5.23. The molecular formula is C23H27N3O3. The molecule has 0 saturated heterocycles. The van der Waals surface area contributed by atoms with Crippen molar-refractivity contribution < 1.29 is 14.8 Å². The molecule has 0 heterocycles. The fourth-order valence-corrected chi connectivity index (χ4v) is 3.41. The number of hydroxylamine groups is 1. The molecule has 2 aromatic carbocycles. The summed E-state index contributed by atoms with van der Waals surface area (Å²) in [4.78, 5) is 23.1. The fraction of sp³-hybridized carbons (Fsp3) is 0.304. The van der Waals surface area contributed by atoms with Crippen LogP contribution in [0.1, 0.15) is 41.9 Å². The number of aryl methyl sites for hydroxylation is 1. The van der Waals surface area contributed by atoms with Crippen molar-refractivity contribution in [2.45, 2.75) is 31.6 Å². The van der Waals surface area contributed by atoms with Crippen molar-refractivity contribution in [3.8, 4) is 0 Å². The van der Waals surface area contributed by atoms with Crippen LogP contribution >= 0.6 is 0 Å². The minimum Gasteiger partial charge on any atom is -0.330 e. The Bertz CT molecular complexity index is 860. The molecule has 1 aliphatic rings. The Hall–Kier alpha value is -2.96. The summed E-state index contributed by atoms with van der Waals surface area (Å²) in [6.07, 6.45) is 6.05. The maximum Gasteiger partial charge on any atom is 0.267 e. The summed E-state index contributed by atoms with van der Waals surface area (Å²) < 4.78 is 0. The van der Waals surface area contributed by atoms with Crippen molar-refractivity contribution in [3.63, 3.8) is 0 Å². The summed E-state index contributed by atoms with van der Waals surface area (Å²) in [7, 11) is 0. The van der Waals surface area contributed by atoms with Crippen LogP contribution < -0.4 is 16.5 Å². The molecule has 152 valence electrons. The lowest BCUT2D eigenvalue weighted by Crippen LogP contribution is -2.14. The molecule has 2 amide bonds. The van der Waals surface area contributed by atoms with Gasteiger partial charge in [0.25, 0.3) is 5.91 Å². The Kier molecular flexibility index (Phi) is 7.16. The van der Waals surface area contributed by atoms with Crippen LogP contribution in [0.15, 0.2) is 54.6 Å². The van der Waals surface area contributed by atoms with E-state index in [-0.39, 0.29) is 5.91 Å². The number of hydrogen-bond acceptors (Lipinski definition) is 4. The van der Waals surface area contributed by atoms with Gasteiger partial charge in [0.1, 0.15) is 0 Å². The van der Waals surface area contributed by atoms with E-state index in [2.05, 4.69) is 17.4 Å². The van der Waals surface area contributed by atoms with Crippen LogP contribution in [-0.2, 0) is 16.0 Å². The van der Waals surface area contributed by atoms with Crippen molar-refractivity contribution in [3.05, 3.63) is 71.3 Å². The van der Waals surface area contributed by atoms with Crippen molar-refractivity contribution in [1.82, 2.24) is 5.48 Å². The first-order chi connectivity index (χ1) is 14.1. The van der Waals surface area contributed by atoms with E-state index >= 15 is 0 Å². The number of amides is 2. The summed E-state index contributed by atoms with van der Waals surface area (Å²) in [6.45, 7) is 0.740. The number of benzene rings is 2. The van der Waals surface area contributed by atoms with Crippen LogP contribution in [0.2, 0.25) is 0 Å². The second kappa shape index (κ2) is 10.0. The van der Waals surface area contributed by atoms with Gasteiger partial charge in [-0.15, -0.1) is 0 Å². The molecule has 0 radical (unpaired) electrons. The molecule has 0 aliphatic heterocycles. The number of carbonyl (C=O) groups is 2. The smallest absolute Gasteiger partial charge is 0.267 e. The first-order valence-corrected chi connectivity index (χ1v) is 9.90. The molecule has 3 rings (SSSR count). The number of rotatable bonds is 9. The Morgan fingerprint density at radius 2 is 1.83 bits per heavy atom. The molecule has 1 fully saturated rings. The Balaban J connectivity index is 1.39. The standard InChI is InChI=1S/C23H27N3O3/c24-15-19-14-21(19)18-9-11-20(12-10-18)25-22(27)3-1-2-16-4-6-17(7-5-16)8-13-23(28)26-29/h4-13,19,21,29H,1-3,14-15,24H2,(H,25,27)(H,26,28)/b13-8+. The first kappa shape index (κ1) is 20.8. The van der Waals surface area contributed by atoms with Crippen molar-refractivity contribution in [2.24, 2.45) is 11.7 Å². The Labute approximate surface area is 170 Å². The number of nitrogens with one attached hydrogen (secondary N) is 2. The fourth-order valence-electron chi connectivity index (χ4n) is 3.41. The topological polar surface area (TPSA) is 104 Å². The van der Waals surface area contributed by atoms with Crippen molar-refractivity contribution in [1.29, 1.82) is 0 Å². The molecule has 29 heavy (non-hydrogen) atoms. The first-order valence-electron chi connectivity index (χ1n) is 9.90. The molecule has 2 unspecified atom stereocenters. The Morgan fingerprint density at radius 3 is 2.45 bits per heavy atom. The third kappa shape index (κ3) is 6.27. The molecule has 6 heteroatoms. The van der Waals surface area contributed by atoms with Gasteiger partial charge in [0.05, 0.1) is 0 Å². The normalized spacial score (nSPS) is 17.9. The molecule has 0 bridgehead atoms. The predicted molar refractivity (Wildman–Crippen MR) is 113 cm³/mol. The van der Waals surface area contributed by atoms with Crippen LogP contribution in [0.25, 0.3) is 6.08 Å². The molecule has 5 N–H and O–H groups in total. The van der Waals surface area contributed by atoms with Gasteiger partial charge >= 0.3 is 0 Å². The van der Waals surface area contributed by atoms with Gasteiger partial charge in [-0.1, -0.05) is 36.4 Å². The van der Waals surface area contributed by atoms with E-state index in [1.807, 2.05) is 36.4 Å². The number of carbonyl (C=O) groups excluding carboxylic acids is 2. The van der Waals surface area contributed by atoms with E-state index in [1.165, 1.54) is 11.6 Å². The predicted octanol–water partition coefficient (Wildman–Crippen LogP) is 3.23. The summed E-state index contributed by atoms with van der Waals surface area (Å²) in [5.74, 6) is 0.639. The van der Waals surface area contributed by atoms with Gasteiger partial charge in [0.2, 0.25) is 5.91 Å². The van der Waals surface area contributed by atoms with E-state index in [1.54, 1.807) is 11.6 Å². The van der Waals surface area contributed by atoms with Gasteiger partial charge in [-0.2, -0.15) is 0 Å². The quantitative estimate of drug-likeness (QED) is 0.298. The molecule has 0 aromatic heterocycles. The average Bonchev–Trinajstić information content (AvgIpc) is 3.53. The second-order valence-electron chi connectivity index (χ2n) is 7.41. The van der Waals surface area contributed by atoms with Gasteiger partial charge < -0.3 is 11.1 Å². The van der Waals surface area contributed by atoms with Gasteiger partial charge in [0.15, 0.2) is 0 Å². The zero-order chi connectivity index (χ0) is 20.6. The largest absolute Gasteiger partial charge is 0.330 e. The lowest BCUT2D eigenvalue weighted by molar-refractivity contribution is -0.124. The zero-order valence-electron chi connectivity index (χ0n) is 16.3. The van der Waals surface area contributed by atoms with Crippen LogP contribution in [0.3, 0.4) is 0 Å². The van der Waals surface area contributed by atoms with Crippen LogP contribution in [0.5, 0.6) is 0 Å². The molecule has 6 nitrogen and oxygen atoms in total. The molecular weight excluding hydrogens is 366 g/mol. The monoisotopic (exact) mass is 393 g/mol. The minimum absolute atomic E-state index is 0.0126. The molecule has 1 aliphatic carbocycles. The van der Waals surface area contributed by atoms with Gasteiger partial charge in [-0.25, -0.2) is 5.48 Å². The molecule has 0 spiro atoms. The van der Waals surface area contributed by atoms with Gasteiger partial charge in [0, 0.05) is 18.2 Å². The van der Waals surface area contributed by atoms with E-state index in [4.69, 9.17) is 10.9 Å². The summed E-state index contributed by atoms with van der Waals surface area (Å²) in [5, 5.41) is 11.4. The lowest BCUT2D eigenvalue weighted by atomic mass is 10.1. The molecule has 2 aromatic rings. The highest BCUT2D eigenvalue weighted by atomic mass is 16.5. The molecule has 1 saturated carbocycles. The average molecular weight is 393 g/mol. The number of nitrogens with two attached hydrogens (primary N) is 1. The highest BCUT2D eigenvalue weighted by Gasteiger charge is 2.36. The lowest BCUT2D eigenvalue weighted by Gasteiger charge is -2.07. The highest BCUT2D eigenvalue weighted by Crippen LogP contribution is 2.46. The molecule has 2 atom stereocenters. The van der Waals surface area contributed by atoms with Crippen molar-refractivity contribution >= 4 is 23.6 Å². The maximum atomic E-state index is 12.2. The highest BCUT2D eigenvalue weighted by molar-refractivity contribution is 5.91. The summed E-state index contributed by atoms with van der Waals surface area (Å²) >= 11 is 0. The van der Waals surface area contributed by atoms with E-state index in [9.17, 15) is 9.59 Å². The van der Waals surface area contributed by atoms with Crippen LogP contribution in [0.4, 0.5) is 5.69 Å². The van der Waals surface area contributed by atoms with Gasteiger partial charge in [-0.3, -0.25) is 14.8 Å². The van der Waals surface area contributed by atoms with E-state index in [0.29, 0.717) is 18.3 Å². The van der Waals surface area contributed by atoms with E-state index < -0.39 is 5.91 Å². The van der Waals surface area contributed by atoms with Crippen molar-refractivity contribution in [2.75, 3.05) is 11.9 Å². The zero-order valence-corrected chi connectivity index (χ0v) is 16.3. The van der Waals surface area contributed by atoms with E-state index in [0.717, 1.165) is 42.6 Å². The number of hydrogen-bond donors (Lipinski definition) is 4. The second-order valence-corrected chi connectivity index (χ2v) is 7.41. The maximum absolute atomic E-state index is 12.2. The van der Waals surface area contributed by atoms with Crippen LogP contribution in [-0.4, -0.2) is 23.6 Å². The van der Waals surface area contributed by atoms with Gasteiger partial charge in [-0.05, 0) is 72.5 Å².